The Morgan fingerprint density at radius 3 is 3.00 bits per heavy atom. The number of nitrogens with one attached hydrogen (secondary N) is 1. The van der Waals surface area contributed by atoms with Crippen LogP contribution < -0.4 is 0 Å². The largest absolute Gasteiger partial charge is 0.331 e. The van der Waals surface area contributed by atoms with E-state index < -0.39 is 0 Å². The number of aromatic nitrogens is 2. The van der Waals surface area contributed by atoms with Crippen molar-refractivity contribution in [3.63, 3.8) is 0 Å². The van der Waals surface area contributed by atoms with Gasteiger partial charge in [-0.2, -0.15) is 5.10 Å². The van der Waals surface area contributed by atoms with Crippen molar-refractivity contribution in [3.05, 3.63) is 52.8 Å². The molecular formula is C14H14ClN3O. The normalized spacial score (nSPS) is 18.8. The molecule has 19 heavy (non-hydrogen) atoms. The predicted molar refractivity (Wildman–Crippen MR) is 73.1 cm³/mol. The molecule has 0 bridgehead atoms. The van der Waals surface area contributed by atoms with Crippen molar-refractivity contribution in [1.29, 1.82) is 0 Å². The van der Waals surface area contributed by atoms with Crippen LogP contribution in [0.1, 0.15) is 34.8 Å². The molecule has 1 aliphatic heterocycles. The van der Waals surface area contributed by atoms with E-state index in [0.29, 0.717) is 5.56 Å². The van der Waals surface area contributed by atoms with Crippen LogP contribution in [0.5, 0.6) is 0 Å². The summed E-state index contributed by atoms with van der Waals surface area (Å²) in [6.45, 7) is 0.764. The minimum absolute atomic E-state index is 0.0103. The van der Waals surface area contributed by atoms with Crippen molar-refractivity contribution in [1.82, 2.24) is 15.1 Å². The summed E-state index contributed by atoms with van der Waals surface area (Å²) in [5, 5.41) is 7.23. The van der Waals surface area contributed by atoms with Crippen LogP contribution in [0.25, 0.3) is 0 Å². The van der Waals surface area contributed by atoms with Gasteiger partial charge in [-0.1, -0.05) is 29.8 Å². The molecule has 2 aromatic rings. The SMILES string of the molecule is O=C(c1cn[nH]c1)N1CCCC1c1ccccc1Cl. The number of carbonyl (C=O) groups excluding carboxylic acids is 1. The molecule has 1 atom stereocenters. The Bertz CT molecular complexity index is 582. The van der Waals surface area contributed by atoms with Crippen LogP contribution in [-0.2, 0) is 0 Å². The van der Waals surface area contributed by atoms with E-state index in [1.807, 2.05) is 29.2 Å². The third-order valence-corrected chi connectivity index (χ3v) is 3.87. The monoisotopic (exact) mass is 275 g/mol. The van der Waals surface area contributed by atoms with Gasteiger partial charge in [0.1, 0.15) is 0 Å². The fourth-order valence-corrected chi connectivity index (χ4v) is 2.87. The van der Waals surface area contributed by atoms with Crippen LogP contribution >= 0.6 is 11.6 Å². The van der Waals surface area contributed by atoms with Gasteiger partial charge in [0.25, 0.3) is 5.91 Å². The molecule has 5 heteroatoms. The van der Waals surface area contributed by atoms with E-state index in [2.05, 4.69) is 10.2 Å². The number of hydrogen-bond acceptors (Lipinski definition) is 2. The highest BCUT2D eigenvalue weighted by molar-refractivity contribution is 6.31. The van der Waals surface area contributed by atoms with Gasteiger partial charge in [-0.3, -0.25) is 9.89 Å². The van der Waals surface area contributed by atoms with Crippen LogP contribution in [-0.4, -0.2) is 27.5 Å². The first-order chi connectivity index (χ1) is 9.27. The average molecular weight is 276 g/mol. The second-order valence-electron chi connectivity index (χ2n) is 4.67. The van der Waals surface area contributed by atoms with Crippen LogP contribution in [0, 0.1) is 0 Å². The number of carbonyl (C=O) groups is 1. The van der Waals surface area contributed by atoms with Gasteiger partial charge in [0.05, 0.1) is 17.8 Å². The standard InChI is InChI=1S/C14H14ClN3O/c15-12-5-2-1-4-11(12)13-6-3-7-18(13)14(19)10-8-16-17-9-10/h1-2,4-5,8-9,13H,3,6-7H2,(H,16,17). The van der Waals surface area contributed by atoms with Crippen molar-refractivity contribution < 1.29 is 4.79 Å². The highest BCUT2D eigenvalue weighted by Crippen LogP contribution is 2.36. The first-order valence-electron chi connectivity index (χ1n) is 6.31. The summed E-state index contributed by atoms with van der Waals surface area (Å²) in [6, 6.07) is 7.79. The molecule has 1 amide bonds. The molecule has 0 saturated carbocycles. The lowest BCUT2D eigenvalue weighted by Crippen LogP contribution is -2.30. The summed E-state index contributed by atoms with van der Waals surface area (Å²) in [4.78, 5) is 14.3. The van der Waals surface area contributed by atoms with E-state index in [1.165, 1.54) is 0 Å². The maximum absolute atomic E-state index is 12.4. The van der Waals surface area contributed by atoms with E-state index in [9.17, 15) is 4.79 Å². The number of halogens is 1. The summed E-state index contributed by atoms with van der Waals surface area (Å²) < 4.78 is 0. The van der Waals surface area contributed by atoms with Gasteiger partial charge in [0, 0.05) is 17.8 Å². The lowest BCUT2D eigenvalue weighted by Gasteiger charge is -2.25. The predicted octanol–water partition coefficient (Wildman–Crippen LogP) is 3.04. The number of benzene rings is 1. The second-order valence-corrected chi connectivity index (χ2v) is 5.07. The molecule has 0 spiro atoms. The molecule has 1 aromatic heterocycles. The van der Waals surface area contributed by atoms with Crippen LogP contribution in [0.2, 0.25) is 5.02 Å². The third kappa shape index (κ3) is 2.24. The van der Waals surface area contributed by atoms with Crippen LogP contribution in [0.4, 0.5) is 0 Å². The Kier molecular flexibility index (Phi) is 3.25. The summed E-state index contributed by atoms with van der Waals surface area (Å²) in [7, 11) is 0. The highest BCUT2D eigenvalue weighted by atomic mass is 35.5. The Morgan fingerprint density at radius 2 is 2.26 bits per heavy atom. The van der Waals surface area contributed by atoms with Crippen molar-refractivity contribution in [2.45, 2.75) is 18.9 Å². The van der Waals surface area contributed by atoms with E-state index in [-0.39, 0.29) is 11.9 Å². The van der Waals surface area contributed by atoms with Crippen molar-refractivity contribution in [2.75, 3.05) is 6.54 Å². The van der Waals surface area contributed by atoms with Crippen LogP contribution in [0.15, 0.2) is 36.7 Å². The molecule has 0 radical (unpaired) electrons. The van der Waals surface area contributed by atoms with E-state index in [1.54, 1.807) is 12.4 Å². The van der Waals surface area contributed by atoms with Crippen molar-refractivity contribution in [2.24, 2.45) is 0 Å². The Balaban J connectivity index is 1.90. The zero-order chi connectivity index (χ0) is 13.2. The number of amides is 1. The van der Waals surface area contributed by atoms with Gasteiger partial charge in [0.15, 0.2) is 0 Å². The molecular weight excluding hydrogens is 262 g/mol. The molecule has 1 unspecified atom stereocenters. The average Bonchev–Trinajstić information content (AvgIpc) is 3.10. The number of hydrogen-bond donors (Lipinski definition) is 1. The van der Waals surface area contributed by atoms with Gasteiger partial charge < -0.3 is 4.90 Å². The summed E-state index contributed by atoms with van der Waals surface area (Å²) in [5.74, 6) is 0.0103. The molecule has 1 aromatic carbocycles. The number of aromatic amines is 1. The zero-order valence-electron chi connectivity index (χ0n) is 10.3. The van der Waals surface area contributed by atoms with Crippen LogP contribution in [0.3, 0.4) is 0 Å². The maximum atomic E-state index is 12.4. The summed E-state index contributed by atoms with van der Waals surface area (Å²) >= 11 is 6.24. The summed E-state index contributed by atoms with van der Waals surface area (Å²) in [5.41, 5.74) is 1.62. The number of nitrogens with zero attached hydrogens (tertiary/aromatic N) is 2. The molecule has 3 rings (SSSR count). The first-order valence-corrected chi connectivity index (χ1v) is 6.69. The Hall–Kier alpha value is -1.81. The number of likely N-dealkylation sites (tertiary alicyclic amines) is 1. The van der Waals surface area contributed by atoms with Gasteiger partial charge in [-0.25, -0.2) is 0 Å². The molecule has 1 saturated heterocycles. The van der Waals surface area contributed by atoms with Gasteiger partial charge >= 0.3 is 0 Å². The second kappa shape index (κ2) is 5.05. The van der Waals surface area contributed by atoms with E-state index in [0.717, 1.165) is 30.0 Å². The van der Waals surface area contributed by atoms with Crippen molar-refractivity contribution in [3.8, 4) is 0 Å². The minimum atomic E-state index is 0.0103. The third-order valence-electron chi connectivity index (χ3n) is 3.52. The lowest BCUT2D eigenvalue weighted by atomic mass is 10.0. The molecule has 1 fully saturated rings. The molecule has 1 aliphatic rings. The molecule has 1 N–H and O–H groups in total. The summed E-state index contributed by atoms with van der Waals surface area (Å²) in [6.07, 6.45) is 5.14. The zero-order valence-corrected chi connectivity index (χ0v) is 11.1. The topological polar surface area (TPSA) is 49.0 Å². The quantitative estimate of drug-likeness (QED) is 0.916. The fraction of sp³-hybridized carbons (Fsp3) is 0.286. The van der Waals surface area contributed by atoms with E-state index >= 15 is 0 Å². The maximum Gasteiger partial charge on any atom is 0.257 e. The lowest BCUT2D eigenvalue weighted by molar-refractivity contribution is 0.0736. The molecule has 98 valence electrons. The molecule has 4 nitrogen and oxygen atoms in total. The van der Waals surface area contributed by atoms with E-state index in [4.69, 9.17) is 11.6 Å². The fourth-order valence-electron chi connectivity index (χ4n) is 2.61. The number of rotatable bonds is 2. The van der Waals surface area contributed by atoms with Gasteiger partial charge in [0.2, 0.25) is 0 Å². The van der Waals surface area contributed by atoms with Gasteiger partial charge in [-0.05, 0) is 24.5 Å². The Labute approximate surface area is 116 Å². The molecule has 2 heterocycles. The Morgan fingerprint density at radius 1 is 1.42 bits per heavy atom. The smallest absolute Gasteiger partial charge is 0.257 e. The number of H-pyrrole nitrogens is 1. The molecule has 0 aliphatic carbocycles. The van der Waals surface area contributed by atoms with Crippen molar-refractivity contribution >= 4 is 17.5 Å². The highest BCUT2D eigenvalue weighted by Gasteiger charge is 2.31. The van der Waals surface area contributed by atoms with Gasteiger partial charge in [-0.15, -0.1) is 0 Å². The minimum Gasteiger partial charge on any atom is -0.331 e. The first kappa shape index (κ1) is 12.2.